The number of anilines is 3. The lowest BCUT2D eigenvalue weighted by molar-refractivity contribution is -0.116. The van der Waals surface area contributed by atoms with E-state index in [1.807, 2.05) is 80.6 Å². The number of aromatic nitrogens is 3. The zero-order valence-corrected chi connectivity index (χ0v) is 22.4. The van der Waals surface area contributed by atoms with E-state index < -0.39 is 6.04 Å². The van der Waals surface area contributed by atoms with Gasteiger partial charge in [0.2, 0.25) is 0 Å². The Morgan fingerprint density at radius 3 is 2.58 bits per heavy atom. The molecule has 202 valence electrons. The number of para-hydroxylation sites is 1. The van der Waals surface area contributed by atoms with E-state index in [1.165, 1.54) is 0 Å². The second-order valence-corrected chi connectivity index (χ2v) is 8.85. The van der Waals surface area contributed by atoms with Crippen molar-refractivity contribution in [2.24, 2.45) is 0 Å². The molecule has 0 aliphatic carbocycles. The number of pyridine rings is 1. The molecule has 1 unspecified atom stereocenters. The summed E-state index contributed by atoms with van der Waals surface area (Å²) < 4.78 is 11.5. The normalized spacial score (nSPS) is 16.3. The molecule has 4 heterocycles. The lowest BCUT2D eigenvalue weighted by atomic mass is 9.96. The molecule has 9 heteroatoms. The van der Waals surface area contributed by atoms with Gasteiger partial charge in [-0.1, -0.05) is 73.4 Å². The highest BCUT2D eigenvalue weighted by molar-refractivity contribution is 6.05. The number of ether oxygens (including phenoxy) is 1. The molecule has 2 aliphatic heterocycles. The van der Waals surface area contributed by atoms with Crippen LogP contribution in [0.2, 0.25) is 0 Å². The number of morpholine rings is 1. The van der Waals surface area contributed by atoms with Crippen molar-refractivity contribution >= 4 is 28.9 Å². The average molecular weight is 535 g/mol. The van der Waals surface area contributed by atoms with Crippen molar-refractivity contribution in [3.63, 3.8) is 0 Å². The van der Waals surface area contributed by atoms with Crippen LogP contribution in [0.1, 0.15) is 30.5 Å². The zero-order valence-electron chi connectivity index (χ0n) is 22.4. The second-order valence-electron chi connectivity index (χ2n) is 8.85. The van der Waals surface area contributed by atoms with Gasteiger partial charge in [-0.15, -0.1) is 11.5 Å². The minimum Gasteiger partial charge on any atom is -0.402 e. The summed E-state index contributed by atoms with van der Waals surface area (Å²) in [7, 11) is 0. The minimum atomic E-state index is -0.763. The summed E-state index contributed by atoms with van der Waals surface area (Å²) in [5, 5.41) is 14.5. The van der Waals surface area contributed by atoms with Gasteiger partial charge in [-0.05, 0) is 29.3 Å². The maximum absolute atomic E-state index is 13.2. The Bertz CT molecular complexity index is 1550. The topological polar surface area (TPSA) is 105 Å². The number of hydrogen-bond donors (Lipinski definition) is 2. The van der Waals surface area contributed by atoms with E-state index in [9.17, 15) is 4.79 Å². The number of terminal acetylenes is 1. The van der Waals surface area contributed by atoms with Gasteiger partial charge in [0, 0.05) is 36.1 Å². The van der Waals surface area contributed by atoms with E-state index in [2.05, 4.69) is 36.6 Å². The molecule has 2 aromatic heterocycles. The number of rotatable bonds is 5. The predicted molar refractivity (Wildman–Crippen MR) is 156 cm³/mol. The lowest BCUT2D eigenvalue weighted by Gasteiger charge is -2.29. The average Bonchev–Trinajstić information content (AvgIpc) is 3.44. The van der Waals surface area contributed by atoms with Crippen molar-refractivity contribution < 1.29 is 13.9 Å². The summed E-state index contributed by atoms with van der Waals surface area (Å²) in [6.45, 7) is 6.59. The Morgan fingerprint density at radius 1 is 1.05 bits per heavy atom. The first-order valence-corrected chi connectivity index (χ1v) is 13.3. The summed E-state index contributed by atoms with van der Waals surface area (Å²) in [5.41, 5.74) is 5.53. The number of amides is 1. The van der Waals surface area contributed by atoms with Crippen molar-refractivity contribution in [2.45, 2.75) is 19.9 Å². The third-order valence-electron chi connectivity index (χ3n) is 6.47. The number of carbonyl (C=O) groups excluding carboxylic acids is 1. The molecule has 1 amide bonds. The summed E-state index contributed by atoms with van der Waals surface area (Å²) in [6, 6.07) is 18.9. The standard InChI is InChI=1S/C29H24N6O3.C2H6/c1-2-19-16-25(35-12-14-37-15-13-35)26(30-18-19)28-33-34-29(38-28)32-24-17-22(20-8-4-3-5-9-20)21-10-6-7-11-23(21)31-27(24)36;1-2/h1,3-11,16-18,24H,12-15H2,(H,31,36)(H,32,34);1-2H3. The van der Waals surface area contributed by atoms with Gasteiger partial charge in [-0.25, -0.2) is 4.98 Å². The molecular weight excluding hydrogens is 504 g/mol. The third-order valence-corrected chi connectivity index (χ3v) is 6.47. The maximum Gasteiger partial charge on any atom is 0.316 e. The van der Waals surface area contributed by atoms with E-state index in [0.29, 0.717) is 37.6 Å². The van der Waals surface area contributed by atoms with Crippen LogP contribution in [0.15, 0.2) is 77.4 Å². The first kappa shape index (κ1) is 26.7. The van der Waals surface area contributed by atoms with E-state index in [-0.39, 0.29) is 17.8 Å². The Balaban J connectivity index is 0.00000158. The number of nitrogens with one attached hydrogen (secondary N) is 2. The number of nitrogens with zero attached hydrogens (tertiary/aromatic N) is 4. The number of benzene rings is 2. The molecule has 9 nitrogen and oxygen atoms in total. The largest absolute Gasteiger partial charge is 0.402 e. The Hall–Kier alpha value is -4.94. The van der Waals surface area contributed by atoms with Gasteiger partial charge < -0.3 is 24.7 Å². The van der Waals surface area contributed by atoms with E-state index in [4.69, 9.17) is 15.6 Å². The van der Waals surface area contributed by atoms with E-state index >= 15 is 0 Å². The van der Waals surface area contributed by atoms with Gasteiger partial charge in [0.05, 0.1) is 18.9 Å². The maximum atomic E-state index is 13.2. The first-order valence-electron chi connectivity index (χ1n) is 13.3. The molecule has 1 fully saturated rings. The molecule has 1 atom stereocenters. The Morgan fingerprint density at radius 2 is 1.80 bits per heavy atom. The molecule has 0 radical (unpaired) electrons. The Labute approximate surface area is 233 Å². The van der Waals surface area contributed by atoms with Crippen LogP contribution in [0.5, 0.6) is 0 Å². The summed E-state index contributed by atoms with van der Waals surface area (Å²) in [5.74, 6) is 2.61. The molecule has 4 aromatic rings. The van der Waals surface area contributed by atoms with Crippen LogP contribution >= 0.6 is 0 Å². The number of carbonyl (C=O) groups is 1. The second kappa shape index (κ2) is 12.3. The van der Waals surface area contributed by atoms with Crippen LogP contribution in [0.3, 0.4) is 0 Å². The van der Waals surface area contributed by atoms with Gasteiger partial charge in [0.15, 0.2) is 5.69 Å². The van der Waals surface area contributed by atoms with Crippen molar-refractivity contribution in [3.8, 4) is 23.9 Å². The quantitative estimate of drug-likeness (QED) is 0.351. The van der Waals surface area contributed by atoms with Crippen LogP contribution in [0.4, 0.5) is 17.4 Å². The minimum absolute atomic E-state index is 0.102. The number of fused-ring (bicyclic) bond motifs is 1. The fraction of sp³-hybridized carbons (Fsp3) is 0.226. The van der Waals surface area contributed by atoms with Gasteiger partial charge >= 0.3 is 6.01 Å². The monoisotopic (exact) mass is 534 g/mol. The van der Waals surface area contributed by atoms with Crippen LogP contribution in [-0.4, -0.2) is 53.4 Å². The highest BCUT2D eigenvalue weighted by Gasteiger charge is 2.27. The Kier molecular flexibility index (Phi) is 8.18. The van der Waals surface area contributed by atoms with Gasteiger partial charge in [-0.3, -0.25) is 4.79 Å². The molecule has 2 aromatic carbocycles. The summed E-state index contributed by atoms with van der Waals surface area (Å²) >= 11 is 0. The highest BCUT2D eigenvalue weighted by atomic mass is 16.5. The molecule has 0 spiro atoms. The van der Waals surface area contributed by atoms with E-state index in [1.54, 1.807) is 6.20 Å². The lowest BCUT2D eigenvalue weighted by Crippen LogP contribution is -2.36. The fourth-order valence-electron chi connectivity index (χ4n) is 4.60. The van der Waals surface area contributed by atoms with Crippen LogP contribution in [0, 0.1) is 12.3 Å². The smallest absolute Gasteiger partial charge is 0.316 e. The van der Waals surface area contributed by atoms with Crippen molar-refractivity contribution in [1.29, 1.82) is 0 Å². The predicted octanol–water partition coefficient (Wildman–Crippen LogP) is 4.84. The fourth-order valence-corrected chi connectivity index (χ4v) is 4.60. The summed E-state index contributed by atoms with van der Waals surface area (Å²) in [4.78, 5) is 19.9. The summed E-state index contributed by atoms with van der Waals surface area (Å²) in [6.07, 6.45) is 9.09. The molecular formula is C31H30N6O3. The van der Waals surface area contributed by atoms with Crippen molar-refractivity contribution in [2.75, 3.05) is 41.8 Å². The van der Waals surface area contributed by atoms with Crippen LogP contribution < -0.4 is 15.5 Å². The van der Waals surface area contributed by atoms with E-state index in [0.717, 1.165) is 28.1 Å². The van der Waals surface area contributed by atoms with Crippen molar-refractivity contribution in [3.05, 3.63) is 89.6 Å². The van der Waals surface area contributed by atoms with Crippen molar-refractivity contribution in [1.82, 2.24) is 15.2 Å². The molecule has 1 saturated heterocycles. The van der Waals surface area contributed by atoms with Gasteiger partial charge in [0.1, 0.15) is 6.04 Å². The molecule has 0 saturated carbocycles. The van der Waals surface area contributed by atoms with Crippen LogP contribution in [0.25, 0.3) is 17.2 Å². The third kappa shape index (κ3) is 5.58. The number of hydrogen-bond acceptors (Lipinski definition) is 8. The SMILES string of the molecule is C#Cc1cnc(-c2nnc(NC3C=C(c4ccccc4)c4ccccc4NC3=O)o2)c(N2CCOCC2)c1.CC. The first-order chi connectivity index (χ1) is 19.7. The van der Waals surface area contributed by atoms with Gasteiger partial charge in [0.25, 0.3) is 11.8 Å². The molecule has 2 N–H and O–H groups in total. The highest BCUT2D eigenvalue weighted by Crippen LogP contribution is 2.34. The molecule has 2 aliphatic rings. The zero-order chi connectivity index (χ0) is 27.9. The molecule has 40 heavy (non-hydrogen) atoms. The van der Waals surface area contributed by atoms with Gasteiger partial charge in [-0.2, -0.15) is 0 Å². The molecule has 6 rings (SSSR count). The molecule has 0 bridgehead atoms. The van der Waals surface area contributed by atoms with Crippen LogP contribution in [-0.2, 0) is 9.53 Å².